The zero-order valence-electron chi connectivity index (χ0n) is 13.3. The summed E-state index contributed by atoms with van der Waals surface area (Å²) in [7, 11) is 2.14. The Morgan fingerprint density at radius 1 is 1.37 bits per heavy atom. The van der Waals surface area contributed by atoms with Gasteiger partial charge in [0.25, 0.3) is 0 Å². The fraction of sp³-hybridized carbons (Fsp3) is 0.933. The van der Waals surface area contributed by atoms with Crippen molar-refractivity contribution in [3.63, 3.8) is 0 Å². The standard InChI is InChI=1S/C15H31N3O/c1-6-7-9-14-15(19)18(13(4)16-14)11-8-10-17(5)12(2)3/h12-14,16H,6-11H2,1-5H3. The molecule has 19 heavy (non-hydrogen) atoms. The molecule has 1 rings (SSSR count). The summed E-state index contributed by atoms with van der Waals surface area (Å²) in [6.07, 6.45) is 4.49. The van der Waals surface area contributed by atoms with E-state index in [4.69, 9.17) is 0 Å². The number of nitrogens with zero attached hydrogens (tertiary/aromatic N) is 2. The van der Waals surface area contributed by atoms with Crippen LogP contribution < -0.4 is 5.32 Å². The first kappa shape index (κ1) is 16.4. The van der Waals surface area contributed by atoms with Crippen molar-refractivity contribution in [2.24, 2.45) is 0 Å². The highest BCUT2D eigenvalue weighted by Crippen LogP contribution is 2.15. The van der Waals surface area contributed by atoms with Crippen molar-refractivity contribution in [2.45, 2.75) is 71.6 Å². The van der Waals surface area contributed by atoms with Crippen LogP contribution in [0.1, 0.15) is 53.4 Å². The summed E-state index contributed by atoms with van der Waals surface area (Å²) in [5, 5.41) is 3.41. The van der Waals surface area contributed by atoms with Crippen molar-refractivity contribution >= 4 is 5.91 Å². The van der Waals surface area contributed by atoms with Gasteiger partial charge in [-0.1, -0.05) is 19.8 Å². The first-order chi connectivity index (χ1) is 8.97. The molecule has 1 aliphatic heterocycles. The Morgan fingerprint density at radius 3 is 2.63 bits per heavy atom. The normalized spacial score (nSPS) is 23.9. The SMILES string of the molecule is CCCCC1NC(C)N(CCCN(C)C(C)C)C1=O. The van der Waals surface area contributed by atoms with Gasteiger partial charge in [-0.15, -0.1) is 0 Å². The summed E-state index contributed by atoms with van der Waals surface area (Å²) in [6.45, 7) is 10.6. The Hall–Kier alpha value is -0.610. The van der Waals surface area contributed by atoms with Crippen molar-refractivity contribution < 1.29 is 4.79 Å². The predicted octanol–water partition coefficient (Wildman–Crippen LogP) is 2.05. The summed E-state index contributed by atoms with van der Waals surface area (Å²) in [5.41, 5.74) is 0. The monoisotopic (exact) mass is 269 g/mol. The molecule has 0 aliphatic carbocycles. The van der Waals surface area contributed by atoms with Crippen LogP contribution in [0.25, 0.3) is 0 Å². The highest BCUT2D eigenvalue weighted by molar-refractivity contribution is 5.84. The van der Waals surface area contributed by atoms with Gasteiger partial charge in [-0.25, -0.2) is 0 Å². The van der Waals surface area contributed by atoms with Crippen LogP contribution in [-0.2, 0) is 4.79 Å². The van der Waals surface area contributed by atoms with Crippen molar-refractivity contribution in [1.82, 2.24) is 15.1 Å². The smallest absolute Gasteiger partial charge is 0.241 e. The number of carbonyl (C=O) groups is 1. The first-order valence-electron chi connectivity index (χ1n) is 7.74. The van der Waals surface area contributed by atoms with Gasteiger partial charge in [-0.3, -0.25) is 10.1 Å². The van der Waals surface area contributed by atoms with E-state index in [2.05, 4.69) is 45.0 Å². The molecule has 1 amide bonds. The molecule has 0 aromatic rings. The van der Waals surface area contributed by atoms with Crippen LogP contribution in [0.4, 0.5) is 0 Å². The van der Waals surface area contributed by atoms with E-state index in [1.807, 2.05) is 4.90 Å². The summed E-state index contributed by atoms with van der Waals surface area (Å²) >= 11 is 0. The second-order valence-electron chi connectivity index (χ2n) is 6.00. The van der Waals surface area contributed by atoms with Gasteiger partial charge in [0.15, 0.2) is 0 Å². The molecule has 1 N–H and O–H groups in total. The van der Waals surface area contributed by atoms with E-state index < -0.39 is 0 Å². The van der Waals surface area contributed by atoms with Crippen LogP contribution >= 0.6 is 0 Å². The third-order valence-electron chi connectivity index (χ3n) is 4.13. The maximum atomic E-state index is 12.3. The minimum absolute atomic E-state index is 0.0535. The van der Waals surface area contributed by atoms with Gasteiger partial charge in [0, 0.05) is 12.6 Å². The molecule has 1 saturated heterocycles. The molecule has 2 atom stereocenters. The number of amides is 1. The van der Waals surface area contributed by atoms with Gasteiger partial charge in [0.05, 0.1) is 12.2 Å². The molecule has 0 spiro atoms. The Bertz CT molecular complexity index is 281. The van der Waals surface area contributed by atoms with Crippen LogP contribution in [-0.4, -0.2) is 54.1 Å². The molecule has 4 nitrogen and oxygen atoms in total. The van der Waals surface area contributed by atoms with Gasteiger partial charge in [-0.2, -0.15) is 0 Å². The van der Waals surface area contributed by atoms with E-state index in [-0.39, 0.29) is 12.2 Å². The average molecular weight is 269 g/mol. The maximum absolute atomic E-state index is 12.3. The Morgan fingerprint density at radius 2 is 2.05 bits per heavy atom. The number of rotatable bonds is 8. The number of carbonyl (C=O) groups excluding carboxylic acids is 1. The van der Waals surface area contributed by atoms with Crippen LogP contribution in [0.5, 0.6) is 0 Å². The molecule has 112 valence electrons. The van der Waals surface area contributed by atoms with Crippen molar-refractivity contribution in [2.75, 3.05) is 20.1 Å². The summed E-state index contributed by atoms with van der Waals surface area (Å²) in [6, 6.07) is 0.625. The average Bonchev–Trinajstić information content (AvgIpc) is 2.63. The van der Waals surface area contributed by atoms with E-state index in [1.54, 1.807) is 0 Å². The van der Waals surface area contributed by atoms with E-state index in [0.29, 0.717) is 11.9 Å². The number of hydrogen-bond acceptors (Lipinski definition) is 3. The summed E-state index contributed by atoms with van der Waals surface area (Å²) in [5.74, 6) is 0.299. The minimum atomic E-state index is 0.0535. The van der Waals surface area contributed by atoms with E-state index in [1.165, 1.54) is 0 Å². The topological polar surface area (TPSA) is 35.6 Å². The Labute approximate surface area is 118 Å². The van der Waals surface area contributed by atoms with Gasteiger partial charge in [0.2, 0.25) is 5.91 Å². The molecule has 1 aliphatic rings. The van der Waals surface area contributed by atoms with E-state index in [0.717, 1.165) is 38.8 Å². The fourth-order valence-corrected chi connectivity index (χ4v) is 2.51. The zero-order chi connectivity index (χ0) is 14.4. The van der Waals surface area contributed by atoms with Crippen molar-refractivity contribution in [3.8, 4) is 0 Å². The summed E-state index contributed by atoms with van der Waals surface area (Å²) in [4.78, 5) is 16.6. The van der Waals surface area contributed by atoms with Crippen molar-refractivity contribution in [1.29, 1.82) is 0 Å². The third kappa shape index (κ3) is 4.77. The molecule has 4 heteroatoms. The highest BCUT2D eigenvalue weighted by Gasteiger charge is 2.35. The summed E-state index contributed by atoms with van der Waals surface area (Å²) < 4.78 is 0. The lowest BCUT2D eigenvalue weighted by molar-refractivity contribution is -0.130. The van der Waals surface area contributed by atoms with Gasteiger partial charge in [0.1, 0.15) is 0 Å². The minimum Gasteiger partial charge on any atom is -0.326 e. The van der Waals surface area contributed by atoms with Gasteiger partial charge in [-0.05, 0) is 47.2 Å². The molecule has 2 unspecified atom stereocenters. The first-order valence-corrected chi connectivity index (χ1v) is 7.74. The number of nitrogens with one attached hydrogen (secondary N) is 1. The molecule has 1 heterocycles. The third-order valence-corrected chi connectivity index (χ3v) is 4.13. The molecule has 0 bridgehead atoms. The molecule has 0 aromatic carbocycles. The number of hydrogen-bond donors (Lipinski definition) is 1. The van der Waals surface area contributed by atoms with E-state index >= 15 is 0 Å². The lowest BCUT2D eigenvalue weighted by atomic mass is 10.1. The van der Waals surface area contributed by atoms with Crippen LogP contribution in [0.3, 0.4) is 0 Å². The molecular formula is C15H31N3O. The molecule has 1 fully saturated rings. The zero-order valence-corrected chi connectivity index (χ0v) is 13.3. The molecule has 0 radical (unpaired) electrons. The molecular weight excluding hydrogens is 238 g/mol. The van der Waals surface area contributed by atoms with Crippen LogP contribution in [0, 0.1) is 0 Å². The Kier molecular flexibility index (Phi) is 6.80. The van der Waals surface area contributed by atoms with Gasteiger partial charge >= 0.3 is 0 Å². The van der Waals surface area contributed by atoms with Crippen molar-refractivity contribution in [3.05, 3.63) is 0 Å². The van der Waals surface area contributed by atoms with Gasteiger partial charge < -0.3 is 9.80 Å². The lowest BCUT2D eigenvalue weighted by Crippen LogP contribution is -2.37. The number of unbranched alkanes of at least 4 members (excludes halogenated alkanes) is 1. The quantitative estimate of drug-likeness (QED) is 0.732. The Balaban J connectivity index is 2.35. The molecule has 0 aromatic heterocycles. The second kappa shape index (κ2) is 7.85. The van der Waals surface area contributed by atoms with Crippen LogP contribution in [0.2, 0.25) is 0 Å². The van der Waals surface area contributed by atoms with Crippen LogP contribution in [0.15, 0.2) is 0 Å². The lowest BCUT2D eigenvalue weighted by Gasteiger charge is -2.24. The fourth-order valence-electron chi connectivity index (χ4n) is 2.51. The highest BCUT2D eigenvalue weighted by atomic mass is 16.2. The largest absolute Gasteiger partial charge is 0.326 e. The second-order valence-corrected chi connectivity index (χ2v) is 6.00. The van der Waals surface area contributed by atoms with E-state index in [9.17, 15) is 4.79 Å². The molecule has 0 saturated carbocycles. The maximum Gasteiger partial charge on any atom is 0.241 e. The predicted molar refractivity (Wildman–Crippen MR) is 80.0 cm³/mol.